The summed E-state index contributed by atoms with van der Waals surface area (Å²) >= 11 is 0. The number of methoxy groups -OCH3 is 1. The predicted molar refractivity (Wildman–Crippen MR) is 265 cm³/mol. The van der Waals surface area contributed by atoms with Gasteiger partial charge in [0.25, 0.3) is 8.32 Å². The number of esters is 1. The Morgan fingerprint density at radius 1 is 0.873 bits per heavy atom. The molecule has 0 bridgehead atoms. The second kappa shape index (κ2) is 19.9. The Balaban J connectivity index is 2.17. The average molecular weight is 956 g/mol. The predicted octanol–water partition coefficient (Wildman–Crippen LogP) is 12.2. The highest BCUT2D eigenvalue weighted by atomic mass is 28.4. The van der Waals surface area contributed by atoms with Crippen molar-refractivity contribution >= 4 is 45.0 Å². The van der Waals surface area contributed by atoms with Crippen LogP contribution in [0.3, 0.4) is 0 Å². The van der Waals surface area contributed by atoms with Gasteiger partial charge < -0.3 is 42.1 Å². The van der Waals surface area contributed by atoms with Crippen LogP contribution in [0.2, 0.25) is 80.1 Å². The van der Waals surface area contributed by atoms with Gasteiger partial charge in [-0.2, -0.15) is 0 Å². The maximum Gasteiger partial charge on any atom is 0.342 e. The molecule has 1 N–H and O–H groups in total. The lowest BCUT2D eigenvalue weighted by Gasteiger charge is -2.53. The Kier molecular flexibility index (Phi) is 17.7. The molecule has 63 heavy (non-hydrogen) atoms. The first-order valence-corrected chi connectivity index (χ1v) is 35.7. The number of hydrogen-bond acceptors (Lipinski definition) is 10. The van der Waals surface area contributed by atoms with E-state index in [2.05, 4.69) is 142 Å². The number of carbonyl (C=O) groups is 2. The van der Waals surface area contributed by atoms with Crippen LogP contribution in [0.15, 0.2) is 6.07 Å². The van der Waals surface area contributed by atoms with Gasteiger partial charge in [-0.1, -0.05) is 103 Å². The van der Waals surface area contributed by atoms with Gasteiger partial charge in [-0.15, -0.1) is 0 Å². The van der Waals surface area contributed by atoms with Gasteiger partial charge in [0.05, 0.1) is 24.4 Å². The molecule has 0 spiro atoms. The number of carbonyl (C=O) groups excluding carboxylic acids is 1. The quantitative estimate of drug-likeness (QED) is 0.0616. The SMILES string of the molecule is CO[C@H](C(=O)O)[C@@H]1C[C@@H](O[Si](C)(C)C(C)(C)C)C(C)(C)[C@@H](C[C@H](O[Si](C)(C)C(C)(C)C)[C@@H](C)[C@H]2Cc3c(C)c(OCOCC[Si](C)(C)C)cc(O[Si](C)(C)C(C)(C)C)c3C(=O)O2)O1. The average Bonchev–Trinajstić information content (AvgIpc) is 3.08. The van der Waals surface area contributed by atoms with Crippen LogP contribution < -0.4 is 9.16 Å². The first-order chi connectivity index (χ1) is 28.3. The Morgan fingerprint density at radius 2 is 1.43 bits per heavy atom. The van der Waals surface area contributed by atoms with Crippen LogP contribution >= 0.6 is 0 Å². The minimum atomic E-state index is -2.45. The molecule has 0 saturated carbocycles. The second-order valence-corrected chi connectivity index (χ2v) is 44.8. The van der Waals surface area contributed by atoms with Crippen molar-refractivity contribution < 1.29 is 51.7 Å². The molecular weight excluding hydrogens is 865 g/mol. The molecule has 0 radical (unpaired) electrons. The molecule has 1 aromatic rings. The zero-order valence-electron chi connectivity index (χ0n) is 43.9. The van der Waals surface area contributed by atoms with Gasteiger partial charge in [-0.3, -0.25) is 0 Å². The van der Waals surface area contributed by atoms with E-state index in [-0.39, 0.29) is 33.9 Å². The number of ether oxygens (including phenoxy) is 5. The van der Waals surface area contributed by atoms with E-state index in [4.69, 9.17) is 37.0 Å². The molecule has 0 aliphatic carbocycles. The summed E-state index contributed by atoms with van der Waals surface area (Å²) in [5.74, 6) is -0.654. The number of rotatable bonds is 19. The fraction of sp³-hybridized carbons (Fsp3) is 0.833. The van der Waals surface area contributed by atoms with E-state index in [0.717, 1.165) is 17.2 Å². The Bertz CT molecular complexity index is 1730. The normalized spacial score (nSPS) is 23.1. The monoisotopic (exact) mass is 955 g/mol. The second-order valence-electron chi connectivity index (χ2n) is 24.9. The summed E-state index contributed by atoms with van der Waals surface area (Å²) in [5.41, 5.74) is 1.63. The third-order valence-electron chi connectivity index (χ3n) is 15.4. The first kappa shape index (κ1) is 55.8. The molecule has 1 aromatic carbocycles. The van der Waals surface area contributed by atoms with Gasteiger partial charge in [-0.25, -0.2) is 9.59 Å². The lowest BCUT2D eigenvalue weighted by Crippen LogP contribution is -2.60. The van der Waals surface area contributed by atoms with Crippen molar-refractivity contribution in [2.75, 3.05) is 20.5 Å². The molecule has 1 saturated heterocycles. The van der Waals surface area contributed by atoms with Crippen LogP contribution in [-0.4, -0.2) is 107 Å². The molecule has 15 heteroatoms. The lowest BCUT2D eigenvalue weighted by atomic mass is 9.72. The van der Waals surface area contributed by atoms with Crippen molar-refractivity contribution in [1.82, 2.24) is 0 Å². The maximum atomic E-state index is 14.6. The Labute approximate surface area is 387 Å². The van der Waals surface area contributed by atoms with E-state index in [1.807, 2.05) is 13.0 Å². The van der Waals surface area contributed by atoms with Crippen molar-refractivity contribution in [3.8, 4) is 11.5 Å². The van der Waals surface area contributed by atoms with E-state index in [1.54, 1.807) is 0 Å². The van der Waals surface area contributed by atoms with Crippen LogP contribution in [0, 0.1) is 18.3 Å². The molecule has 11 nitrogen and oxygen atoms in total. The summed E-state index contributed by atoms with van der Waals surface area (Å²) in [4.78, 5) is 27.2. The van der Waals surface area contributed by atoms with Gasteiger partial charge in [-0.05, 0) is 84.9 Å². The van der Waals surface area contributed by atoms with Crippen LogP contribution in [-0.2, 0) is 39.0 Å². The van der Waals surface area contributed by atoms with Crippen molar-refractivity contribution in [1.29, 1.82) is 0 Å². The molecular formula is C48H90O11Si4. The minimum absolute atomic E-state index is 0.0667. The van der Waals surface area contributed by atoms with Gasteiger partial charge >= 0.3 is 11.9 Å². The van der Waals surface area contributed by atoms with E-state index >= 15 is 0 Å². The highest BCUT2D eigenvalue weighted by Gasteiger charge is 2.54. The lowest BCUT2D eigenvalue weighted by molar-refractivity contribution is -0.213. The highest BCUT2D eigenvalue weighted by Crippen LogP contribution is 2.49. The maximum absolute atomic E-state index is 14.6. The van der Waals surface area contributed by atoms with Crippen molar-refractivity contribution in [2.24, 2.45) is 11.3 Å². The minimum Gasteiger partial charge on any atom is -0.543 e. The number of fused-ring (bicyclic) bond motifs is 1. The number of hydrogen-bond donors (Lipinski definition) is 1. The third-order valence-corrected chi connectivity index (χ3v) is 30.4. The van der Waals surface area contributed by atoms with Crippen LogP contribution in [0.1, 0.15) is 117 Å². The van der Waals surface area contributed by atoms with E-state index in [9.17, 15) is 14.7 Å². The molecule has 2 aliphatic heterocycles. The van der Waals surface area contributed by atoms with Crippen LogP contribution in [0.5, 0.6) is 11.5 Å². The fourth-order valence-corrected chi connectivity index (χ4v) is 12.1. The molecule has 0 unspecified atom stereocenters. The number of benzene rings is 1. The first-order valence-electron chi connectivity index (χ1n) is 23.3. The third kappa shape index (κ3) is 13.5. The smallest absolute Gasteiger partial charge is 0.342 e. The largest absolute Gasteiger partial charge is 0.543 e. The van der Waals surface area contributed by atoms with Crippen molar-refractivity contribution in [3.63, 3.8) is 0 Å². The highest BCUT2D eigenvalue weighted by molar-refractivity contribution is 6.76. The van der Waals surface area contributed by atoms with Gasteiger partial charge in [0, 0.05) is 52.0 Å². The zero-order valence-corrected chi connectivity index (χ0v) is 47.9. The Morgan fingerprint density at radius 3 is 1.92 bits per heavy atom. The van der Waals surface area contributed by atoms with Gasteiger partial charge in [0.2, 0.25) is 0 Å². The number of carboxylic acids is 1. The zero-order chi connectivity index (χ0) is 48.7. The molecule has 0 amide bonds. The number of carboxylic acid groups (broad SMARTS) is 1. The topological polar surface area (TPSA) is 128 Å². The van der Waals surface area contributed by atoms with Crippen molar-refractivity contribution in [3.05, 3.63) is 22.8 Å². The molecule has 0 aromatic heterocycles. The van der Waals surface area contributed by atoms with Crippen LogP contribution in [0.25, 0.3) is 0 Å². The van der Waals surface area contributed by atoms with E-state index < -0.39 is 80.9 Å². The number of cyclic esters (lactones) is 1. The van der Waals surface area contributed by atoms with E-state index in [1.165, 1.54) is 7.11 Å². The number of aliphatic carboxylic acids is 1. The summed E-state index contributed by atoms with van der Waals surface area (Å²) in [6, 6.07) is 2.89. The van der Waals surface area contributed by atoms with Gasteiger partial charge in [0.1, 0.15) is 23.2 Å². The summed E-state index contributed by atoms with van der Waals surface area (Å²) in [7, 11) is -7.04. The summed E-state index contributed by atoms with van der Waals surface area (Å²) in [6.45, 7) is 49.3. The molecule has 7 atom stereocenters. The van der Waals surface area contributed by atoms with Gasteiger partial charge in [0.15, 0.2) is 29.5 Å². The summed E-state index contributed by atoms with van der Waals surface area (Å²) in [6.07, 6.45) is -2.41. The molecule has 364 valence electrons. The Hall–Kier alpha value is -1.57. The fourth-order valence-electron chi connectivity index (χ4n) is 7.43. The van der Waals surface area contributed by atoms with Crippen molar-refractivity contribution in [2.45, 2.75) is 226 Å². The molecule has 2 aliphatic rings. The standard InChI is InChI=1S/C48H90O11Si4/c1-31-33-26-35(56-44(51)41(33)37(58-62(20,21)46(6,7)8)27-34(31)54-30-53-24-25-60(15,16)17)32(2)36(57-61(18,19)45(3,4)5)28-39-48(12,13)40(59-63(22,23)47(9,10)11)29-38(55-39)42(52-14)43(49)50/h27,32,35-36,38-40,42H,24-26,28-30H2,1-23H3,(H,49,50)/t32-,35+,36-,38-,39+,40+,42-/m0/s1. The van der Waals surface area contributed by atoms with E-state index in [0.29, 0.717) is 42.9 Å². The molecule has 1 fully saturated rings. The summed E-state index contributed by atoms with van der Waals surface area (Å²) in [5, 5.41) is 10.0. The molecule has 2 heterocycles. The molecule has 3 rings (SSSR count). The summed E-state index contributed by atoms with van der Waals surface area (Å²) < 4.78 is 52.9. The van der Waals surface area contributed by atoms with Crippen LogP contribution in [0.4, 0.5) is 0 Å².